The molecule has 114 valence electrons. The van der Waals surface area contributed by atoms with Gasteiger partial charge in [-0.3, -0.25) is 0 Å². The molecule has 6 nitrogen and oxygen atoms in total. The van der Waals surface area contributed by atoms with Crippen LogP contribution in [0.2, 0.25) is 0 Å². The second kappa shape index (κ2) is 7.56. The molecule has 0 fully saturated rings. The van der Waals surface area contributed by atoms with Gasteiger partial charge in [0.1, 0.15) is 12.9 Å². The predicted molar refractivity (Wildman–Crippen MR) is 84.0 cm³/mol. The molecule has 2 aromatic rings. The predicted octanol–water partition coefficient (Wildman–Crippen LogP) is 3.16. The molecule has 1 aromatic heterocycles. The van der Waals surface area contributed by atoms with Crippen molar-refractivity contribution in [2.75, 3.05) is 14.2 Å². The van der Waals surface area contributed by atoms with E-state index in [0.29, 0.717) is 11.3 Å². The van der Waals surface area contributed by atoms with Crippen molar-refractivity contribution >= 4 is 27.6 Å². The zero-order valence-corrected chi connectivity index (χ0v) is 13.5. The Bertz CT molecular complexity index is 703. The molecular formula is C15H13BrN2O4. The van der Waals surface area contributed by atoms with E-state index in [9.17, 15) is 4.79 Å². The number of esters is 1. The highest BCUT2D eigenvalue weighted by atomic mass is 79.9. The van der Waals surface area contributed by atoms with E-state index >= 15 is 0 Å². The van der Waals surface area contributed by atoms with Gasteiger partial charge in [0.2, 0.25) is 5.88 Å². The molecule has 2 rings (SSSR count). The second-order valence-corrected chi connectivity index (χ2v) is 4.95. The van der Waals surface area contributed by atoms with Crippen LogP contribution >= 0.6 is 15.9 Å². The fourth-order valence-corrected chi connectivity index (χ4v) is 2.06. The number of rotatable bonds is 5. The molecule has 0 aliphatic carbocycles. The van der Waals surface area contributed by atoms with E-state index in [1.807, 2.05) is 12.1 Å². The van der Waals surface area contributed by atoms with E-state index in [1.54, 1.807) is 30.5 Å². The van der Waals surface area contributed by atoms with E-state index in [0.717, 1.165) is 4.47 Å². The third-order valence-corrected chi connectivity index (χ3v) is 3.09. The van der Waals surface area contributed by atoms with Crippen molar-refractivity contribution in [3.05, 3.63) is 52.6 Å². The maximum absolute atomic E-state index is 11.8. The smallest absolute Gasteiger partial charge is 0.360 e. The molecule has 0 aliphatic heterocycles. The summed E-state index contributed by atoms with van der Waals surface area (Å²) in [6, 6.07) is 10.6. The Morgan fingerprint density at radius 1 is 1.23 bits per heavy atom. The van der Waals surface area contributed by atoms with Gasteiger partial charge in [-0.15, -0.1) is 0 Å². The summed E-state index contributed by atoms with van der Waals surface area (Å²) < 4.78 is 11.3. The molecule has 0 aliphatic rings. The summed E-state index contributed by atoms with van der Waals surface area (Å²) >= 11 is 3.36. The van der Waals surface area contributed by atoms with Gasteiger partial charge in [0.15, 0.2) is 5.71 Å². The number of methoxy groups -OCH3 is 1. The van der Waals surface area contributed by atoms with Crippen LogP contribution in [-0.2, 0) is 14.4 Å². The number of ether oxygens (including phenoxy) is 2. The summed E-state index contributed by atoms with van der Waals surface area (Å²) in [5.74, 6) is 0.145. The number of halogens is 1. The lowest BCUT2D eigenvalue weighted by atomic mass is 10.1. The van der Waals surface area contributed by atoms with Gasteiger partial charge in [-0.25, -0.2) is 9.78 Å². The van der Waals surface area contributed by atoms with E-state index in [2.05, 4.69) is 26.1 Å². The normalized spacial score (nSPS) is 11.0. The molecule has 0 unspecified atom stereocenters. The highest BCUT2D eigenvalue weighted by molar-refractivity contribution is 9.10. The summed E-state index contributed by atoms with van der Waals surface area (Å²) in [5, 5.41) is 3.70. The van der Waals surface area contributed by atoms with Gasteiger partial charge in [0.25, 0.3) is 0 Å². The number of hydrogen-bond donors (Lipinski definition) is 0. The molecule has 0 atom stereocenters. The first-order valence-corrected chi connectivity index (χ1v) is 7.03. The lowest BCUT2D eigenvalue weighted by Crippen LogP contribution is -2.18. The summed E-state index contributed by atoms with van der Waals surface area (Å²) in [4.78, 5) is 20.7. The first-order chi connectivity index (χ1) is 10.7. The maximum Gasteiger partial charge on any atom is 0.360 e. The van der Waals surface area contributed by atoms with Crippen molar-refractivity contribution in [3.8, 4) is 11.6 Å². The van der Waals surface area contributed by atoms with Gasteiger partial charge in [-0.05, 0) is 30.3 Å². The molecule has 0 amide bonds. The van der Waals surface area contributed by atoms with Crippen molar-refractivity contribution in [2.45, 2.75) is 0 Å². The fraction of sp³-hybridized carbons (Fsp3) is 0.133. The lowest BCUT2D eigenvalue weighted by Gasteiger charge is -2.10. The van der Waals surface area contributed by atoms with E-state index in [-0.39, 0.29) is 11.6 Å². The Morgan fingerprint density at radius 3 is 2.73 bits per heavy atom. The summed E-state index contributed by atoms with van der Waals surface area (Å²) in [7, 11) is 2.60. The first kappa shape index (κ1) is 16.0. The number of hydrogen-bond acceptors (Lipinski definition) is 6. The summed E-state index contributed by atoms with van der Waals surface area (Å²) in [5.41, 5.74) is 0.347. The van der Waals surface area contributed by atoms with Crippen molar-refractivity contribution in [1.29, 1.82) is 0 Å². The van der Waals surface area contributed by atoms with Crippen molar-refractivity contribution < 1.29 is 19.1 Å². The highest BCUT2D eigenvalue weighted by Gasteiger charge is 2.21. The molecule has 0 spiro atoms. The number of carbonyl (C=O) groups is 1. The summed E-state index contributed by atoms with van der Waals surface area (Å²) in [6.07, 6.45) is 1.55. The monoisotopic (exact) mass is 364 g/mol. The Balaban J connectivity index is 2.41. The maximum atomic E-state index is 11.8. The second-order valence-electron chi connectivity index (χ2n) is 4.03. The molecule has 0 saturated carbocycles. The number of pyridine rings is 1. The molecule has 7 heteroatoms. The first-order valence-electron chi connectivity index (χ1n) is 6.24. The topological polar surface area (TPSA) is 70.0 Å². The number of aromatic nitrogens is 1. The van der Waals surface area contributed by atoms with Crippen LogP contribution in [0.25, 0.3) is 0 Å². The third kappa shape index (κ3) is 3.82. The molecule has 1 aromatic carbocycles. The highest BCUT2D eigenvalue weighted by Crippen LogP contribution is 2.26. The van der Waals surface area contributed by atoms with Crippen LogP contribution in [0.3, 0.4) is 0 Å². The Kier molecular flexibility index (Phi) is 5.48. The summed E-state index contributed by atoms with van der Waals surface area (Å²) in [6.45, 7) is 0. The largest absolute Gasteiger partial charge is 0.464 e. The van der Waals surface area contributed by atoms with Crippen LogP contribution in [0.5, 0.6) is 11.6 Å². The average Bonchev–Trinajstić information content (AvgIpc) is 2.53. The molecule has 0 bridgehead atoms. The minimum Gasteiger partial charge on any atom is -0.464 e. The minimum absolute atomic E-state index is 0.0249. The fourth-order valence-electron chi connectivity index (χ4n) is 1.68. The molecule has 22 heavy (non-hydrogen) atoms. The van der Waals surface area contributed by atoms with Crippen LogP contribution in [-0.4, -0.2) is 30.9 Å². The van der Waals surface area contributed by atoms with Crippen LogP contribution < -0.4 is 4.74 Å². The van der Waals surface area contributed by atoms with Crippen molar-refractivity contribution in [3.63, 3.8) is 0 Å². The number of carbonyl (C=O) groups excluding carboxylic acids is 1. The van der Waals surface area contributed by atoms with Crippen LogP contribution in [0.15, 0.2) is 52.2 Å². The molecule has 0 N–H and O–H groups in total. The molecule has 0 saturated heterocycles. The van der Waals surface area contributed by atoms with E-state index in [1.165, 1.54) is 14.2 Å². The van der Waals surface area contributed by atoms with Crippen LogP contribution in [0, 0.1) is 0 Å². The zero-order valence-electron chi connectivity index (χ0n) is 11.9. The average molecular weight is 365 g/mol. The standard InChI is InChI=1S/C15H13BrN2O4/c1-20-15(19)13(18-21-2)12-7-4-8-17-14(12)22-11-6-3-5-10(16)9-11/h3-9H,1-2H3. The lowest BCUT2D eigenvalue weighted by molar-refractivity contribution is -0.132. The minimum atomic E-state index is -0.644. The third-order valence-electron chi connectivity index (χ3n) is 2.60. The van der Waals surface area contributed by atoms with Crippen molar-refractivity contribution in [1.82, 2.24) is 4.98 Å². The van der Waals surface area contributed by atoms with Crippen molar-refractivity contribution in [2.24, 2.45) is 5.16 Å². The SMILES string of the molecule is CON=C(C(=O)OC)c1cccnc1Oc1cccc(Br)c1. The number of benzene rings is 1. The van der Waals surface area contributed by atoms with Gasteiger partial charge >= 0.3 is 5.97 Å². The Hall–Kier alpha value is -2.41. The Labute approximate surface area is 135 Å². The quantitative estimate of drug-likeness (QED) is 0.463. The number of oxime groups is 1. The van der Waals surface area contributed by atoms with Gasteiger partial charge in [0.05, 0.1) is 12.7 Å². The van der Waals surface area contributed by atoms with E-state index in [4.69, 9.17) is 14.3 Å². The van der Waals surface area contributed by atoms with Crippen LogP contribution in [0.4, 0.5) is 0 Å². The van der Waals surface area contributed by atoms with Crippen LogP contribution in [0.1, 0.15) is 5.56 Å². The van der Waals surface area contributed by atoms with E-state index < -0.39 is 5.97 Å². The molecule has 0 radical (unpaired) electrons. The zero-order chi connectivity index (χ0) is 15.9. The molecule has 1 heterocycles. The Morgan fingerprint density at radius 2 is 2.05 bits per heavy atom. The number of nitrogens with zero attached hydrogens (tertiary/aromatic N) is 2. The molecular weight excluding hydrogens is 352 g/mol. The van der Waals surface area contributed by atoms with Gasteiger partial charge in [0, 0.05) is 10.7 Å². The van der Waals surface area contributed by atoms with Gasteiger partial charge < -0.3 is 14.3 Å². The van der Waals surface area contributed by atoms with Gasteiger partial charge in [-0.2, -0.15) is 0 Å². The van der Waals surface area contributed by atoms with Gasteiger partial charge in [-0.1, -0.05) is 27.2 Å².